The number of carbonyl (C=O) groups excluding carboxylic acids is 2. The summed E-state index contributed by atoms with van der Waals surface area (Å²) < 4.78 is 5.32. The van der Waals surface area contributed by atoms with Gasteiger partial charge < -0.3 is 15.4 Å². The van der Waals surface area contributed by atoms with Crippen molar-refractivity contribution in [1.29, 1.82) is 0 Å². The minimum Gasteiger partial charge on any atom is -0.482 e. The number of rotatable bonds is 4. The van der Waals surface area contributed by atoms with Crippen molar-refractivity contribution in [2.45, 2.75) is 6.54 Å². The van der Waals surface area contributed by atoms with Crippen LogP contribution in [0.4, 0.5) is 5.69 Å². The molecule has 3 N–H and O–H groups in total. The molecule has 3 aromatic rings. The fraction of sp³-hybridized carbons (Fsp3) is 0.105. The van der Waals surface area contributed by atoms with E-state index in [2.05, 4.69) is 20.8 Å². The molecule has 0 radical (unpaired) electrons. The summed E-state index contributed by atoms with van der Waals surface area (Å²) in [5, 5.41) is 12.5. The highest BCUT2D eigenvalue weighted by Gasteiger charge is 2.16. The molecule has 0 saturated carbocycles. The minimum atomic E-state index is -0.252. The number of carbonyl (C=O) groups is 2. The molecule has 0 fully saturated rings. The van der Waals surface area contributed by atoms with Gasteiger partial charge in [0.1, 0.15) is 11.4 Å². The van der Waals surface area contributed by atoms with Crippen LogP contribution in [0.3, 0.4) is 0 Å². The second-order valence-corrected chi connectivity index (χ2v) is 5.88. The van der Waals surface area contributed by atoms with Crippen LogP contribution in [0.5, 0.6) is 5.75 Å². The minimum absolute atomic E-state index is 0.0205. The predicted molar refractivity (Wildman–Crippen MR) is 95.8 cm³/mol. The third-order valence-electron chi connectivity index (χ3n) is 4.02. The molecule has 2 heterocycles. The van der Waals surface area contributed by atoms with E-state index in [1.807, 2.05) is 36.4 Å². The Morgan fingerprint density at radius 1 is 1.15 bits per heavy atom. The molecule has 1 aromatic heterocycles. The van der Waals surface area contributed by atoms with Gasteiger partial charge in [-0.3, -0.25) is 14.7 Å². The van der Waals surface area contributed by atoms with E-state index in [0.717, 1.165) is 11.1 Å². The van der Waals surface area contributed by atoms with Crippen LogP contribution in [0.25, 0.3) is 11.3 Å². The van der Waals surface area contributed by atoms with Crippen molar-refractivity contribution in [2.24, 2.45) is 0 Å². The number of aromatic nitrogens is 2. The van der Waals surface area contributed by atoms with Crippen molar-refractivity contribution in [2.75, 3.05) is 11.9 Å². The summed E-state index contributed by atoms with van der Waals surface area (Å²) in [7, 11) is 0. The molecule has 0 aliphatic carbocycles. The van der Waals surface area contributed by atoms with E-state index >= 15 is 0 Å². The number of nitrogens with one attached hydrogen (secondary N) is 3. The first-order valence-electron chi connectivity index (χ1n) is 8.13. The quantitative estimate of drug-likeness (QED) is 0.674. The zero-order valence-corrected chi connectivity index (χ0v) is 13.8. The highest BCUT2D eigenvalue weighted by molar-refractivity contribution is 5.95. The molecular weight excluding hydrogens is 332 g/mol. The summed E-state index contributed by atoms with van der Waals surface area (Å²) in [5.41, 5.74) is 3.50. The van der Waals surface area contributed by atoms with Gasteiger partial charge in [-0.25, -0.2) is 0 Å². The molecule has 0 saturated heterocycles. The Hall–Kier alpha value is -3.61. The fourth-order valence-corrected chi connectivity index (χ4v) is 2.71. The Labute approximate surface area is 149 Å². The van der Waals surface area contributed by atoms with Crippen LogP contribution in [0, 0.1) is 0 Å². The molecule has 7 heteroatoms. The van der Waals surface area contributed by atoms with Gasteiger partial charge in [0.05, 0.1) is 11.4 Å². The maximum Gasteiger partial charge on any atom is 0.269 e. The fourth-order valence-electron chi connectivity index (χ4n) is 2.71. The predicted octanol–water partition coefficient (Wildman–Crippen LogP) is 2.34. The monoisotopic (exact) mass is 348 g/mol. The summed E-state index contributed by atoms with van der Waals surface area (Å²) in [4.78, 5) is 23.7. The van der Waals surface area contributed by atoms with Gasteiger partial charge in [-0.2, -0.15) is 5.10 Å². The summed E-state index contributed by atoms with van der Waals surface area (Å²) in [5.74, 6) is 0.183. The Bertz CT molecular complexity index is 966. The number of ether oxygens (including phenoxy) is 1. The van der Waals surface area contributed by atoms with Crippen molar-refractivity contribution in [1.82, 2.24) is 15.5 Å². The van der Waals surface area contributed by atoms with Gasteiger partial charge in [0.2, 0.25) is 0 Å². The number of nitrogens with zero attached hydrogens (tertiary/aromatic N) is 1. The molecule has 2 amide bonds. The summed E-state index contributed by atoms with van der Waals surface area (Å²) in [6, 6.07) is 16.8. The zero-order valence-electron chi connectivity index (χ0n) is 13.8. The lowest BCUT2D eigenvalue weighted by molar-refractivity contribution is -0.118. The Morgan fingerprint density at radius 2 is 2.00 bits per heavy atom. The first-order valence-corrected chi connectivity index (χ1v) is 8.13. The van der Waals surface area contributed by atoms with Crippen molar-refractivity contribution in [3.8, 4) is 17.0 Å². The lowest BCUT2D eigenvalue weighted by atomic mass is 10.1. The van der Waals surface area contributed by atoms with Gasteiger partial charge in [0.15, 0.2) is 6.61 Å². The zero-order chi connectivity index (χ0) is 17.9. The first kappa shape index (κ1) is 15.9. The molecule has 7 nitrogen and oxygen atoms in total. The van der Waals surface area contributed by atoms with Crippen LogP contribution >= 0.6 is 0 Å². The van der Waals surface area contributed by atoms with Gasteiger partial charge >= 0.3 is 0 Å². The molecule has 0 bridgehead atoms. The number of H-pyrrole nitrogens is 1. The standard InChI is InChI=1S/C19H16N4O3/c24-18-11-26-17-7-6-12(8-15(17)21-18)10-20-19(25)16-9-14(22-23-16)13-4-2-1-3-5-13/h1-9H,10-11H2,(H,20,25)(H,21,24)(H,22,23). The lowest BCUT2D eigenvalue weighted by Crippen LogP contribution is -2.26. The largest absolute Gasteiger partial charge is 0.482 e. The number of hydrogen-bond acceptors (Lipinski definition) is 4. The van der Waals surface area contributed by atoms with Gasteiger partial charge in [0.25, 0.3) is 11.8 Å². The van der Waals surface area contributed by atoms with Gasteiger partial charge in [-0.05, 0) is 23.8 Å². The molecule has 0 spiro atoms. The average Bonchev–Trinajstić information content (AvgIpc) is 3.17. The summed E-state index contributed by atoms with van der Waals surface area (Å²) in [6.45, 7) is 0.342. The Kier molecular flexibility index (Phi) is 4.10. The molecule has 26 heavy (non-hydrogen) atoms. The smallest absolute Gasteiger partial charge is 0.269 e. The molecule has 2 aromatic carbocycles. The molecule has 1 aliphatic heterocycles. The lowest BCUT2D eigenvalue weighted by Gasteiger charge is -2.18. The molecule has 1 aliphatic rings. The number of aromatic amines is 1. The van der Waals surface area contributed by atoms with Crippen molar-refractivity contribution in [3.05, 3.63) is 65.9 Å². The number of fused-ring (bicyclic) bond motifs is 1. The third-order valence-corrected chi connectivity index (χ3v) is 4.02. The van der Waals surface area contributed by atoms with E-state index in [0.29, 0.717) is 29.4 Å². The highest BCUT2D eigenvalue weighted by Crippen LogP contribution is 2.28. The van der Waals surface area contributed by atoms with Crippen molar-refractivity contribution in [3.63, 3.8) is 0 Å². The van der Waals surface area contributed by atoms with Gasteiger partial charge in [0, 0.05) is 12.1 Å². The second kappa shape index (κ2) is 6.72. The van der Waals surface area contributed by atoms with Crippen molar-refractivity contribution < 1.29 is 14.3 Å². The van der Waals surface area contributed by atoms with Crippen LogP contribution in [-0.2, 0) is 11.3 Å². The maximum atomic E-state index is 12.3. The van der Waals surface area contributed by atoms with Crippen LogP contribution < -0.4 is 15.4 Å². The second-order valence-electron chi connectivity index (χ2n) is 5.88. The van der Waals surface area contributed by atoms with E-state index in [4.69, 9.17) is 4.74 Å². The number of anilines is 1. The SMILES string of the molecule is O=C1COc2ccc(CNC(=O)c3cc(-c4ccccc4)n[nH]3)cc2N1. The van der Waals surface area contributed by atoms with Crippen LogP contribution in [0.15, 0.2) is 54.6 Å². The Balaban J connectivity index is 1.42. The van der Waals surface area contributed by atoms with E-state index in [-0.39, 0.29) is 18.4 Å². The van der Waals surface area contributed by atoms with Crippen LogP contribution in [0.1, 0.15) is 16.1 Å². The van der Waals surface area contributed by atoms with Gasteiger partial charge in [-0.15, -0.1) is 0 Å². The topological polar surface area (TPSA) is 96.1 Å². The number of hydrogen-bond donors (Lipinski definition) is 3. The first-order chi connectivity index (χ1) is 12.7. The number of amides is 2. The van der Waals surface area contributed by atoms with Gasteiger partial charge in [-0.1, -0.05) is 36.4 Å². The highest BCUT2D eigenvalue weighted by atomic mass is 16.5. The molecule has 0 unspecified atom stereocenters. The molecule has 4 rings (SSSR count). The summed E-state index contributed by atoms with van der Waals surface area (Å²) >= 11 is 0. The molecular formula is C19H16N4O3. The average molecular weight is 348 g/mol. The number of benzene rings is 2. The molecule has 0 atom stereocenters. The molecule has 130 valence electrons. The Morgan fingerprint density at radius 3 is 2.85 bits per heavy atom. The van der Waals surface area contributed by atoms with Crippen molar-refractivity contribution >= 4 is 17.5 Å². The van der Waals surface area contributed by atoms with Crippen LogP contribution in [-0.4, -0.2) is 28.6 Å². The normalized spacial score (nSPS) is 12.7. The van der Waals surface area contributed by atoms with E-state index in [1.54, 1.807) is 18.2 Å². The van der Waals surface area contributed by atoms with E-state index < -0.39 is 0 Å². The summed E-state index contributed by atoms with van der Waals surface area (Å²) in [6.07, 6.45) is 0. The van der Waals surface area contributed by atoms with E-state index in [1.165, 1.54) is 0 Å². The maximum absolute atomic E-state index is 12.3. The third kappa shape index (κ3) is 3.27. The van der Waals surface area contributed by atoms with E-state index in [9.17, 15) is 9.59 Å². The van der Waals surface area contributed by atoms with Crippen LogP contribution in [0.2, 0.25) is 0 Å².